The first-order valence-corrected chi connectivity index (χ1v) is 8.06. The molecule has 2 aromatic rings. The van der Waals surface area contributed by atoms with Crippen molar-refractivity contribution in [3.8, 4) is 5.69 Å². The summed E-state index contributed by atoms with van der Waals surface area (Å²) in [5, 5.41) is 9.23. The van der Waals surface area contributed by atoms with Gasteiger partial charge in [0.25, 0.3) is 0 Å². The van der Waals surface area contributed by atoms with Gasteiger partial charge in [0.05, 0.1) is 28.3 Å². The fourth-order valence-electron chi connectivity index (χ4n) is 2.38. The number of benzene rings is 1. The molecule has 0 spiro atoms. The van der Waals surface area contributed by atoms with E-state index < -0.39 is 5.60 Å². The molecule has 1 saturated heterocycles. The molecule has 0 saturated carbocycles. The molecule has 2 N–H and O–H groups in total. The van der Waals surface area contributed by atoms with Crippen LogP contribution in [0, 0.1) is 0 Å². The summed E-state index contributed by atoms with van der Waals surface area (Å²) < 4.78 is 5.34. The van der Waals surface area contributed by atoms with E-state index in [1.807, 2.05) is 20.8 Å². The maximum atomic E-state index is 11.9. The number of halogens is 1. The molecule has 0 aliphatic carbocycles. The van der Waals surface area contributed by atoms with Crippen molar-refractivity contribution >= 4 is 23.4 Å². The fourth-order valence-corrected chi connectivity index (χ4v) is 2.50. The van der Waals surface area contributed by atoms with Crippen LogP contribution in [0.5, 0.6) is 0 Å². The number of carbonyl (C=O) groups is 1. The first kappa shape index (κ1) is 16.6. The molecule has 1 aliphatic rings. The average Bonchev–Trinajstić information content (AvgIpc) is 2.87. The summed E-state index contributed by atoms with van der Waals surface area (Å²) in [6.07, 6.45) is 1.42. The summed E-state index contributed by atoms with van der Waals surface area (Å²) in [5.74, 6) is 0.163. The van der Waals surface area contributed by atoms with E-state index >= 15 is 0 Å². The van der Waals surface area contributed by atoms with Crippen molar-refractivity contribution in [2.45, 2.75) is 32.3 Å². The minimum absolute atomic E-state index is 0.163. The van der Waals surface area contributed by atoms with Gasteiger partial charge in [-0.1, -0.05) is 11.6 Å². The third kappa shape index (κ3) is 3.46. The largest absolute Gasteiger partial charge is 0.444 e. The second kappa shape index (κ2) is 5.98. The zero-order valence-corrected chi connectivity index (χ0v) is 14.6. The molecule has 3 rings (SSSR count). The molecule has 0 unspecified atom stereocenters. The molecular formula is C16H20ClN5O2. The van der Waals surface area contributed by atoms with Gasteiger partial charge in [0.15, 0.2) is 0 Å². The highest BCUT2D eigenvalue weighted by molar-refractivity contribution is 6.33. The lowest BCUT2D eigenvalue weighted by Crippen LogP contribution is -2.50. The lowest BCUT2D eigenvalue weighted by molar-refractivity contribution is 0.00785. The number of nitrogens with two attached hydrogens (primary N) is 1. The van der Waals surface area contributed by atoms with Crippen molar-refractivity contribution in [1.82, 2.24) is 19.9 Å². The predicted molar refractivity (Wildman–Crippen MR) is 91.3 cm³/mol. The van der Waals surface area contributed by atoms with Crippen LogP contribution in [0.1, 0.15) is 32.4 Å². The third-order valence-electron chi connectivity index (χ3n) is 3.67. The molecule has 24 heavy (non-hydrogen) atoms. The molecule has 0 bridgehead atoms. The van der Waals surface area contributed by atoms with Gasteiger partial charge in [0, 0.05) is 19.0 Å². The number of hydrogen-bond donors (Lipinski definition) is 1. The number of ether oxygens (including phenoxy) is 1. The Balaban J connectivity index is 1.63. The van der Waals surface area contributed by atoms with Gasteiger partial charge in [-0.2, -0.15) is 15.0 Å². The van der Waals surface area contributed by atoms with Gasteiger partial charge in [-0.05, 0) is 39.0 Å². The van der Waals surface area contributed by atoms with E-state index in [1.54, 1.807) is 29.3 Å². The van der Waals surface area contributed by atoms with Gasteiger partial charge in [0.1, 0.15) is 5.60 Å². The number of nitrogen functional groups attached to an aromatic ring is 1. The van der Waals surface area contributed by atoms with Crippen LogP contribution >= 0.6 is 11.6 Å². The van der Waals surface area contributed by atoms with Crippen molar-refractivity contribution in [3.63, 3.8) is 0 Å². The van der Waals surface area contributed by atoms with Crippen molar-refractivity contribution in [2.24, 2.45) is 0 Å². The number of carbonyl (C=O) groups excluding carboxylic acids is 1. The molecule has 1 fully saturated rings. The Morgan fingerprint density at radius 2 is 2.08 bits per heavy atom. The van der Waals surface area contributed by atoms with E-state index in [4.69, 9.17) is 22.1 Å². The molecule has 8 heteroatoms. The molecule has 1 aromatic carbocycles. The molecule has 2 heterocycles. The molecule has 1 amide bonds. The van der Waals surface area contributed by atoms with E-state index in [0.29, 0.717) is 23.8 Å². The van der Waals surface area contributed by atoms with E-state index in [9.17, 15) is 4.79 Å². The first-order valence-electron chi connectivity index (χ1n) is 7.68. The summed E-state index contributed by atoms with van der Waals surface area (Å²) in [4.78, 5) is 15.1. The molecule has 0 atom stereocenters. The quantitative estimate of drug-likeness (QED) is 0.842. The van der Waals surface area contributed by atoms with E-state index in [0.717, 1.165) is 11.4 Å². The Kier molecular flexibility index (Phi) is 4.13. The van der Waals surface area contributed by atoms with Crippen molar-refractivity contribution < 1.29 is 9.53 Å². The standard InChI is InChI=1S/C16H20ClN5O2/c1-16(2,3)24-15(23)21-8-10(9-21)14-7-19-22(20-14)11-4-5-12(17)13(18)6-11/h4-7,10H,8-9,18H2,1-3H3. The molecule has 128 valence electrons. The van der Waals surface area contributed by atoms with Gasteiger partial charge in [-0.3, -0.25) is 0 Å². The van der Waals surface area contributed by atoms with E-state index in [2.05, 4.69) is 10.2 Å². The number of aromatic nitrogens is 3. The third-order valence-corrected chi connectivity index (χ3v) is 4.02. The summed E-state index contributed by atoms with van der Waals surface area (Å²) in [5.41, 5.74) is 7.38. The van der Waals surface area contributed by atoms with Crippen LogP contribution in [0.2, 0.25) is 5.02 Å². The zero-order chi connectivity index (χ0) is 17.5. The number of nitrogens with zero attached hydrogens (tertiary/aromatic N) is 4. The Morgan fingerprint density at radius 1 is 1.38 bits per heavy atom. The second-order valence-electron chi connectivity index (χ2n) is 6.85. The van der Waals surface area contributed by atoms with Crippen LogP contribution in [0.3, 0.4) is 0 Å². The number of hydrogen-bond acceptors (Lipinski definition) is 5. The number of likely N-dealkylation sites (tertiary alicyclic amines) is 1. The summed E-state index contributed by atoms with van der Waals surface area (Å²) in [7, 11) is 0. The summed E-state index contributed by atoms with van der Waals surface area (Å²) in [6.45, 7) is 6.72. The molecule has 1 aromatic heterocycles. The van der Waals surface area contributed by atoms with Crippen molar-refractivity contribution in [1.29, 1.82) is 0 Å². The van der Waals surface area contributed by atoms with E-state index in [-0.39, 0.29) is 12.0 Å². The Labute approximate surface area is 145 Å². The van der Waals surface area contributed by atoms with Crippen LogP contribution < -0.4 is 5.73 Å². The van der Waals surface area contributed by atoms with Gasteiger partial charge < -0.3 is 15.4 Å². The summed E-state index contributed by atoms with van der Waals surface area (Å²) in [6, 6.07) is 5.24. The first-order chi connectivity index (χ1) is 11.2. The fraction of sp³-hybridized carbons (Fsp3) is 0.438. The minimum atomic E-state index is -0.486. The minimum Gasteiger partial charge on any atom is -0.444 e. The van der Waals surface area contributed by atoms with Crippen molar-refractivity contribution in [2.75, 3.05) is 18.8 Å². The highest BCUT2D eigenvalue weighted by Gasteiger charge is 2.36. The van der Waals surface area contributed by atoms with Crippen LogP contribution in [0.15, 0.2) is 24.4 Å². The van der Waals surface area contributed by atoms with Gasteiger partial charge in [-0.25, -0.2) is 4.79 Å². The molecular weight excluding hydrogens is 330 g/mol. The predicted octanol–water partition coefficient (Wildman–Crippen LogP) is 2.84. The number of rotatable bonds is 2. The van der Waals surface area contributed by atoms with Crippen LogP contribution in [-0.2, 0) is 4.74 Å². The van der Waals surface area contributed by atoms with Gasteiger partial charge >= 0.3 is 6.09 Å². The van der Waals surface area contributed by atoms with Crippen LogP contribution in [0.25, 0.3) is 5.69 Å². The maximum absolute atomic E-state index is 11.9. The molecule has 0 radical (unpaired) electrons. The van der Waals surface area contributed by atoms with Gasteiger partial charge in [-0.15, -0.1) is 0 Å². The monoisotopic (exact) mass is 349 g/mol. The lowest BCUT2D eigenvalue weighted by Gasteiger charge is -2.38. The zero-order valence-electron chi connectivity index (χ0n) is 13.9. The highest BCUT2D eigenvalue weighted by Crippen LogP contribution is 2.27. The maximum Gasteiger partial charge on any atom is 0.410 e. The summed E-state index contributed by atoms with van der Waals surface area (Å²) >= 11 is 5.92. The number of anilines is 1. The average molecular weight is 350 g/mol. The SMILES string of the molecule is CC(C)(C)OC(=O)N1CC(c2cnn(-c3ccc(Cl)c(N)c3)n2)C1. The Morgan fingerprint density at radius 3 is 2.71 bits per heavy atom. The molecule has 7 nitrogen and oxygen atoms in total. The van der Waals surface area contributed by atoms with Gasteiger partial charge in [0.2, 0.25) is 0 Å². The Hall–Kier alpha value is -2.28. The normalized spacial score (nSPS) is 15.2. The van der Waals surface area contributed by atoms with Crippen LogP contribution in [-0.4, -0.2) is 44.7 Å². The van der Waals surface area contributed by atoms with E-state index in [1.165, 1.54) is 4.80 Å². The topological polar surface area (TPSA) is 86.3 Å². The molecule has 1 aliphatic heterocycles. The van der Waals surface area contributed by atoms with Crippen LogP contribution in [0.4, 0.5) is 10.5 Å². The Bertz CT molecular complexity index is 762. The second-order valence-corrected chi connectivity index (χ2v) is 7.25. The van der Waals surface area contributed by atoms with Crippen molar-refractivity contribution in [3.05, 3.63) is 35.1 Å². The number of amides is 1. The lowest BCUT2D eigenvalue weighted by atomic mass is 9.98. The smallest absolute Gasteiger partial charge is 0.410 e. The highest BCUT2D eigenvalue weighted by atomic mass is 35.5.